The summed E-state index contributed by atoms with van der Waals surface area (Å²) in [5, 5.41) is 3.58. The van der Waals surface area contributed by atoms with Crippen molar-refractivity contribution in [2.24, 2.45) is 0 Å². The van der Waals surface area contributed by atoms with Crippen LogP contribution in [0.5, 0.6) is 5.75 Å². The van der Waals surface area contributed by atoms with Crippen molar-refractivity contribution in [1.82, 2.24) is 5.06 Å². The van der Waals surface area contributed by atoms with Crippen molar-refractivity contribution < 1.29 is 42.0 Å². The van der Waals surface area contributed by atoms with Crippen molar-refractivity contribution in [3.05, 3.63) is 113 Å². The van der Waals surface area contributed by atoms with E-state index in [9.17, 15) is 32.4 Å². The van der Waals surface area contributed by atoms with Crippen LogP contribution in [-0.4, -0.2) is 49.7 Å². The van der Waals surface area contributed by atoms with Gasteiger partial charge in [-0.2, -0.15) is 0 Å². The molecular weight excluding hydrogens is 650 g/mol. The number of carbonyl (C=O) groups is 5. The highest BCUT2D eigenvalue weighted by atomic mass is 35.5. The third kappa shape index (κ3) is 6.44. The van der Waals surface area contributed by atoms with Crippen molar-refractivity contribution in [2.45, 2.75) is 29.2 Å². The number of hydroxylamine groups is 2. The molecule has 14 heteroatoms. The number of hydrogen-bond acceptors (Lipinski definition) is 9. The number of benzene rings is 4. The lowest BCUT2D eigenvalue weighted by Crippen LogP contribution is -2.33. The summed E-state index contributed by atoms with van der Waals surface area (Å²) in [4.78, 5) is 68.2. The van der Waals surface area contributed by atoms with Gasteiger partial charge in [0, 0.05) is 29.1 Å². The molecule has 0 aliphatic carbocycles. The number of halogens is 1. The van der Waals surface area contributed by atoms with E-state index in [2.05, 4.69) is 5.32 Å². The van der Waals surface area contributed by atoms with Crippen LogP contribution in [0.2, 0.25) is 5.02 Å². The topological polar surface area (TPSA) is 156 Å². The van der Waals surface area contributed by atoms with Gasteiger partial charge in [-0.25, -0.2) is 13.2 Å². The standard InChI is InChI=1S/C33H24ClN3O9S/c34-22-5-3-4-20(16-22)18-36-26-17-21(8-13-28(26)47(43,44)27-7-2-1-6-25(27)33(36)42)32(41)35-23-9-11-24(12-10-23)45-19-31(40)46-37-29(38)14-15-30(37)39/h1-13,16-17H,14-15,18-19H2,(H,35,41). The van der Waals surface area contributed by atoms with Crippen molar-refractivity contribution in [3.8, 4) is 5.75 Å². The molecule has 238 valence electrons. The van der Waals surface area contributed by atoms with Gasteiger partial charge in [0.15, 0.2) is 6.61 Å². The number of rotatable bonds is 8. The number of nitrogens with zero attached hydrogens (tertiary/aromatic N) is 2. The van der Waals surface area contributed by atoms with E-state index in [1.54, 1.807) is 36.4 Å². The highest BCUT2D eigenvalue weighted by Gasteiger charge is 2.36. The Kier molecular flexibility index (Phi) is 8.50. The molecule has 1 saturated heterocycles. The fourth-order valence-corrected chi connectivity index (χ4v) is 6.93. The molecule has 4 amide bonds. The van der Waals surface area contributed by atoms with Gasteiger partial charge in [-0.3, -0.25) is 19.2 Å². The maximum atomic E-state index is 13.8. The van der Waals surface area contributed by atoms with E-state index in [0.29, 0.717) is 21.3 Å². The molecule has 0 spiro atoms. The number of amides is 4. The second-order valence-electron chi connectivity index (χ2n) is 10.5. The zero-order valence-corrected chi connectivity index (χ0v) is 25.9. The summed E-state index contributed by atoms with van der Waals surface area (Å²) in [6.45, 7) is -0.587. The van der Waals surface area contributed by atoms with Crippen LogP contribution in [0.15, 0.2) is 101 Å². The Balaban J connectivity index is 1.21. The van der Waals surface area contributed by atoms with Crippen LogP contribution in [0.4, 0.5) is 11.4 Å². The quantitative estimate of drug-likeness (QED) is 0.265. The van der Waals surface area contributed by atoms with Crippen molar-refractivity contribution in [1.29, 1.82) is 0 Å². The summed E-state index contributed by atoms with van der Waals surface area (Å²) < 4.78 is 32.9. The Morgan fingerprint density at radius 3 is 2.28 bits per heavy atom. The molecule has 0 radical (unpaired) electrons. The number of hydrogen-bond donors (Lipinski definition) is 1. The average molecular weight is 674 g/mol. The zero-order valence-electron chi connectivity index (χ0n) is 24.3. The van der Waals surface area contributed by atoms with Crippen LogP contribution in [0.1, 0.15) is 39.1 Å². The third-order valence-electron chi connectivity index (χ3n) is 7.35. The molecule has 2 aliphatic rings. The monoisotopic (exact) mass is 673 g/mol. The number of imide groups is 1. The summed E-state index contributed by atoms with van der Waals surface area (Å²) in [7, 11) is -4.14. The fraction of sp³-hybridized carbons (Fsp3) is 0.121. The number of carbonyl (C=O) groups excluding carboxylic acids is 5. The maximum absolute atomic E-state index is 13.8. The van der Waals surface area contributed by atoms with E-state index >= 15 is 0 Å². The Hall–Kier alpha value is -5.53. The zero-order chi connectivity index (χ0) is 33.3. The van der Waals surface area contributed by atoms with E-state index in [1.807, 2.05) is 0 Å². The summed E-state index contributed by atoms with van der Waals surface area (Å²) >= 11 is 6.18. The predicted molar refractivity (Wildman–Crippen MR) is 167 cm³/mol. The van der Waals surface area contributed by atoms with Gasteiger partial charge >= 0.3 is 5.97 Å². The van der Waals surface area contributed by atoms with E-state index < -0.39 is 46.0 Å². The van der Waals surface area contributed by atoms with Gasteiger partial charge in [0.05, 0.1) is 27.6 Å². The number of fused-ring (bicyclic) bond motifs is 2. The normalized spacial score (nSPS) is 15.0. The first-order valence-electron chi connectivity index (χ1n) is 14.2. The summed E-state index contributed by atoms with van der Waals surface area (Å²) in [5.41, 5.74) is 1.12. The summed E-state index contributed by atoms with van der Waals surface area (Å²) in [6, 6.07) is 22.8. The first-order valence-corrected chi connectivity index (χ1v) is 16.0. The summed E-state index contributed by atoms with van der Waals surface area (Å²) in [6.07, 6.45) is -0.0588. The van der Waals surface area contributed by atoms with E-state index in [1.165, 1.54) is 59.5 Å². The van der Waals surface area contributed by atoms with Gasteiger partial charge in [0.1, 0.15) is 5.75 Å². The lowest BCUT2D eigenvalue weighted by atomic mass is 10.1. The van der Waals surface area contributed by atoms with Gasteiger partial charge < -0.3 is 19.8 Å². The molecule has 4 aromatic rings. The third-order valence-corrected chi connectivity index (χ3v) is 9.45. The first-order chi connectivity index (χ1) is 22.5. The predicted octanol–water partition coefficient (Wildman–Crippen LogP) is 4.57. The van der Waals surface area contributed by atoms with E-state index in [-0.39, 0.29) is 51.7 Å². The highest BCUT2D eigenvalue weighted by molar-refractivity contribution is 7.91. The Morgan fingerprint density at radius 2 is 1.55 bits per heavy atom. The minimum Gasteiger partial charge on any atom is -0.482 e. The maximum Gasteiger partial charge on any atom is 0.370 e. The molecule has 6 rings (SSSR count). The second-order valence-corrected chi connectivity index (χ2v) is 12.8. The number of anilines is 2. The largest absolute Gasteiger partial charge is 0.482 e. The lowest BCUT2D eigenvalue weighted by Gasteiger charge is -2.23. The van der Waals surface area contributed by atoms with Gasteiger partial charge in [0.2, 0.25) is 9.84 Å². The average Bonchev–Trinajstić information content (AvgIpc) is 3.35. The number of sulfone groups is 1. The molecule has 2 heterocycles. The van der Waals surface area contributed by atoms with Gasteiger partial charge in [-0.05, 0) is 72.3 Å². The molecule has 47 heavy (non-hydrogen) atoms. The molecule has 0 saturated carbocycles. The van der Waals surface area contributed by atoms with Crippen molar-refractivity contribution in [3.63, 3.8) is 0 Å². The molecule has 0 unspecified atom stereocenters. The Labute approximate surface area is 273 Å². The minimum absolute atomic E-state index is 0.00493. The van der Waals surface area contributed by atoms with Crippen LogP contribution >= 0.6 is 11.6 Å². The number of nitrogens with one attached hydrogen (secondary N) is 1. The SMILES string of the molecule is O=C(COc1ccc(NC(=O)c2ccc3c(c2)N(Cc2cccc(Cl)c2)C(=O)c2ccccc2S3(=O)=O)cc1)ON1C(=O)CCC1=O. The molecule has 2 aliphatic heterocycles. The van der Waals surface area contributed by atoms with Crippen molar-refractivity contribution in [2.75, 3.05) is 16.8 Å². The van der Waals surface area contributed by atoms with Crippen LogP contribution < -0.4 is 15.0 Å². The molecule has 4 aromatic carbocycles. The van der Waals surface area contributed by atoms with E-state index in [0.717, 1.165) is 0 Å². The second kappa shape index (κ2) is 12.7. The smallest absolute Gasteiger partial charge is 0.370 e. The Morgan fingerprint density at radius 1 is 0.830 bits per heavy atom. The lowest BCUT2D eigenvalue weighted by molar-refractivity contribution is -0.198. The fourth-order valence-electron chi connectivity index (χ4n) is 5.09. The first kappa shape index (κ1) is 31.5. The molecular formula is C33H24ClN3O9S. The molecule has 1 fully saturated rings. The molecule has 0 aromatic heterocycles. The molecule has 12 nitrogen and oxygen atoms in total. The minimum atomic E-state index is -4.14. The molecule has 1 N–H and O–H groups in total. The summed E-state index contributed by atoms with van der Waals surface area (Å²) in [5.74, 6) is -3.06. The van der Waals surface area contributed by atoms with Crippen LogP contribution in [-0.2, 0) is 35.6 Å². The molecule has 0 bridgehead atoms. The van der Waals surface area contributed by atoms with Crippen LogP contribution in [0, 0.1) is 0 Å². The highest BCUT2D eigenvalue weighted by Crippen LogP contribution is 2.38. The van der Waals surface area contributed by atoms with Gasteiger partial charge in [0.25, 0.3) is 23.6 Å². The van der Waals surface area contributed by atoms with Crippen molar-refractivity contribution >= 4 is 62.4 Å². The van der Waals surface area contributed by atoms with Crippen LogP contribution in [0.3, 0.4) is 0 Å². The van der Waals surface area contributed by atoms with Gasteiger partial charge in [-0.15, -0.1) is 5.06 Å². The van der Waals surface area contributed by atoms with E-state index in [4.69, 9.17) is 21.2 Å². The Bertz CT molecular complexity index is 2050. The van der Waals surface area contributed by atoms with Gasteiger partial charge in [-0.1, -0.05) is 35.9 Å². The molecule has 0 atom stereocenters. The van der Waals surface area contributed by atoms with Crippen LogP contribution in [0.25, 0.3) is 0 Å². The number of ether oxygens (including phenoxy) is 1.